The van der Waals surface area contributed by atoms with E-state index in [1.807, 2.05) is 6.92 Å². The van der Waals surface area contributed by atoms with Crippen molar-refractivity contribution in [1.82, 2.24) is 15.3 Å². The van der Waals surface area contributed by atoms with E-state index in [2.05, 4.69) is 15.3 Å². The number of esters is 1. The second kappa shape index (κ2) is 9.03. The zero-order valence-electron chi connectivity index (χ0n) is 15.6. The van der Waals surface area contributed by atoms with E-state index in [1.54, 1.807) is 48.8 Å². The first-order valence-corrected chi connectivity index (χ1v) is 9.42. The van der Waals surface area contributed by atoms with Gasteiger partial charge in [0.1, 0.15) is 0 Å². The van der Waals surface area contributed by atoms with E-state index in [9.17, 15) is 9.59 Å². The second-order valence-electron chi connectivity index (χ2n) is 6.18. The molecule has 0 aliphatic heterocycles. The molecule has 1 amide bonds. The van der Waals surface area contributed by atoms with E-state index in [0.717, 1.165) is 5.56 Å². The number of carbonyl (C=O) groups excluding carboxylic acids is 2. The summed E-state index contributed by atoms with van der Waals surface area (Å²) in [6.07, 6.45) is 3.13. The van der Waals surface area contributed by atoms with Crippen LogP contribution in [-0.4, -0.2) is 29.0 Å². The molecule has 0 fully saturated rings. The fourth-order valence-corrected chi connectivity index (χ4v) is 3.05. The maximum absolute atomic E-state index is 12.6. The van der Waals surface area contributed by atoms with Crippen LogP contribution in [-0.2, 0) is 4.74 Å². The highest BCUT2D eigenvalue weighted by Gasteiger charge is 2.18. The third-order valence-electron chi connectivity index (χ3n) is 4.25. The summed E-state index contributed by atoms with van der Waals surface area (Å²) in [5.74, 6) is -0.730. The fraction of sp³-hybridized carbons (Fsp3) is 0.143. The summed E-state index contributed by atoms with van der Waals surface area (Å²) in [6.45, 7) is 1.81. The highest BCUT2D eigenvalue weighted by molar-refractivity contribution is 6.42. The molecule has 148 valence electrons. The van der Waals surface area contributed by atoms with Gasteiger partial charge in [-0.3, -0.25) is 14.8 Å². The maximum Gasteiger partial charge on any atom is 0.337 e. The van der Waals surface area contributed by atoms with Crippen LogP contribution in [0.25, 0.3) is 11.3 Å². The molecular weight excluding hydrogens is 413 g/mol. The normalized spacial score (nSPS) is 11.6. The van der Waals surface area contributed by atoms with Gasteiger partial charge in [0.05, 0.1) is 40.1 Å². The summed E-state index contributed by atoms with van der Waals surface area (Å²) in [5.41, 5.74) is 2.77. The van der Waals surface area contributed by atoms with Crippen LogP contribution >= 0.6 is 23.2 Å². The molecule has 0 aliphatic rings. The SMILES string of the molecule is COC(=O)c1ccc(-c2nccnc2C(C)NC(=O)c2ccc(Cl)c(Cl)c2)cc1. The van der Waals surface area contributed by atoms with Gasteiger partial charge >= 0.3 is 5.97 Å². The highest BCUT2D eigenvalue weighted by Crippen LogP contribution is 2.26. The molecule has 0 saturated carbocycles. The number of methoxy groups -OCH3 is 1. The lowest BCUT2D eigenvalue weighted by Gasteiger charge is -2.16. The molecule has 0 bridgehead atoms. The van der Waals surface area contributed by atoms with Crippen LogP contribution in [0.5, 0.6) is 0 Å². The van der Waals surface area contributed by atoms with Gasteiger partial charge in [0.2, 0.25) is 0 Å². The zero-order chi connectivity index (χ0) is 21.0. The number of rotatable bonds is 5. The molecule has 1 atom stereocenters. The van der Waals surface area contributed by atoms with Crippen molar-refractivity contribution in [3.05, 3.63) is 81.7 Å². The third kappa shape index (κ3) is 4.72. The highest BCUT2D eigenvalue weighted by atomic mass is 35.5. The van der Waals surface area contributed by atoms with Gasteiger partial charge < -0.3 is 10.1 Å². The minimum atomic E-state index is -0.430. The summed E-state index contributed by atoms with van der Waals surface area (Å²) >= 11 is 11.9. The number of hydrogen-bond acceptors (Lipinski definition) is 5. The van der Waals surface area contributed by atoms with Crippen LogP contribution in [0.2, 0.25) is 10.0 Å². The van der Waals surface area contributed by atoms with E-state index in [0.29, 0.717) is 32.6 Å². The lowest BCUT2D eigenvalue weighted by atomic mass is 10.0. The van der Waals surface area contributed by atoms with Crippen molar-refractivity contribution in [2.75, 3.05) is 7.11 Å². The van der Waals surface area contributed by atoms with Gasteiger partial charge in [-0.15, -0.1) is 0 Å². The Morgan fingerprint density at radius 1 is 0.966 bits per heavy atom. The fourth-order valence-electron chi connectivity index (χ4n) is 2.76. The molecule has 1 heterocycles. The average molecular weight is 430 g/mol. The molecular formula is C21H17Cl2N3O3. The molecule has 8 heteroatoms. The van der Waals surface area contributed by atoms with Crippen molar-refractivity contribution < 1.29 is 14.3 Å². The monoisotopic (exact) mass is 429 g/mol. The lowest BCUT2D eigenvalue weighted by molar-refractivity contribution is 0.0600. The average Bonchev–Trinajstić information content (AvgIpc) is 2.75. The Morgan fingerprint density at radius 3 is 2.28 bits per heavy atom. The minimum absolute atomic E-state index is 0.304. The van der Waals surface area contributed by atoms with E-state index in [-0.39, 0.29) is 5.91 Å². The molecule has 0 aliphatic carbocycles. The van der Waals surface area contributed by atoms with Crippen molar-refractivity contribution in [2.45, 2.75) is 13.0 Å². The topological polar surface area (TPSA) is 81.2 Å². The van der Waals surface area contributed by atoms with E-state index in [1.165, 1.54) is 13.2 Å². The zero-order valence-corrected chi connectivity index (χ0v) is 17.2. The van der Waals surface area contributed by atoms with Crippen LogP contribution in [0.1, 0.15) is 39.4 Å². The third-order valence-corrected chi connectivity index (χ3v) is 4.98. The number of carbonyl (C=O) groups is 2. The number of hydrogen-bond donors (Lipinski definition) is 1. The molecule has 3 aromatic rings. The van der Waals surface area contributed by atoms with Crippen LogP contribution in [0.3, 0.4) is 0 Å². The van der Waals surface area contributed by atoms with Gasteiger partial charge in [0.15, 0.2) is 0 Å². The number of benzene rings is 2. The first-order chi connectivity index (χ1) is 13.9. The molecule has 6 nitrogen and oxygen atoms in total. The first-order valence-electron chi connectivity index (χ1n) is 8.66. The Bertz CT molecular complexity index is 1060. The number of halogens is 2. The molecule has 3 rings (SSSR count). The molecule has 0 radical (unpaired) electrons. The Labute approximate surface area is 177 Å². The number of amides is 1. The van der Waals surface area contributed by atoms with Crippen LogP contribution in [0.4, 0.5) is 0 Å². The van der Waals surface area contributed by atoms with E-state index < -0.39 is 12.0 Å². The molecule has 2 aromatic carbocycles. The molecule has 29 heavy (non-hydrogen) atoms. The Kier molecular flexibility index (Phi) is 6.46. The van der Waals surface area contributed by atoms with Gasteiger partial charge in [0.25, 0.3) is 5.91 Å². The molecule has 1 aromatic heterocycles. The standard InChI is InChI=1S/C21H17Cl2N3O3/c1-12(26-20(27)15-7-8-16(22)17(23)11-15)18-19(25-10-9-24-18)13-3-5-14(6-4-13)21(28)29-2/h3-12H,1-2H3,(H,26,27). The van der Waals surface area contributed by atoms with Crippen molar-refractivity contribution >= 4 is 35.1 Å². The van der Waals surface area contributed by atoms with Gasteiger partial charge in [-0.2, -0.15) is 0 Å². The van der Waals surface area contributed by atoms with E-state index in [4.69, 9.17) is 27.9 Å². The summed E-state index contributed by atoms with van der Waals surface area (Å²) in [5, 5.41) is 3.57. The van der Waals surface area contributed by atoms with E-state index >= 15 is 0 Å². The summed E-state index contributed by atoms with van der Waals surface area (Å²) in [4.78, 5) is 33.0. The maximum atomic E-state index is 12.6. The van der Waals surface area contributed by atoms with Gasteiger partial charge in [0, 0.05) is 23.5 Å². The van der Waals surface area contributed by atoms with Gasteiger partial charge in [-0.1, -0.05) is 35.3 Å². The van der Waals surface area contributed by atoms with Crippen molar-refractivity contribution in [1.29, 1.82) is 0 Å². The quantitative estimate of drug-likeness (QED) is 0.592. The predicted molar refractivity (Wildman–Crippen MR) is 111 cm³/mol. The van der Waals surface area contributed by atoms with Crippen LogP contribution in [0.15, 0.2) is 54.9 Å². The van der Waals surface area contributed by atoms with Crippen LogP contribution in [0, 0.1) is 0 Å². The summed E-state index contributed by atoms with van der Waals surface area (Å²) < 4.78 is 4.71. The lowest BCUT2D eigenvalue weighted by Crippen LogP contribution is -2.27. The largest absolute Gasteiger partial charge is 0.465 e. The molecule has 0 saturated heterocycles. The molecule has 1 unspecified atom stereocenters. The minimum Gasteiger partial charge on any atom is -0.465 e. The smallest absolute Gasteiger partial charge is 0.337 e. The van der Waals surface area contributed by atoms with Crippen molar-refractivity contribution in [2.24, 2.45) is 0 Å². The Morgan fingerprint density at radius 2 is 1.62 bits per heavy atom. The van der Waals surface area contributed by atoms with Gasteiger partial charge in [-0.25, -0.2) is 4.79 Å². The van der Waals surface area contributed by atoms with Crippen molar-refractivity contribution in [3.8, 4) is 11.3 Å². The second-order valence-corrected chi connectivity index (χ2v) is 7.00. The first kappa shape index (κ1) is 20.8. The molecule has 1 N–H and O–H groups in total. The summed E-state index contributed by atoms with van der Waals surface area (Å²) in [7, 11) is 1.33. The number of ether oxygens (including phenoxy) is 1. The number of aromatic nitrogens is 2. The Balaban J connectivity index is 1.85. The number of nitrogens with zero attached hydrogens (tertiary/aromatic N) is 2. The van der Waals surface area contributed by atoms with Gasteiger partial charge in [-0.05, 0) is 37.3 Å². The van der Waals surface area contributed by atoms with Crippen LogP contribution < -0.4 is 5.32 Å². The summed E-state index contributed by atoms with van der Waals surface area (Å²) in [6, 6.07) is 11.1. The molecule has 0 spiro atoms. The number of nitrogens with one attached hydrogen (secondary N) is 1. The Hall–Kier alpha value is -2.96. The van der Waals surface area contributed by atoms with Crippen molar-refractivity contribution in [3.63, 3.8) is 0 Å². The predicted octanol–water partition coefficient (Wildman–Crippen LogP) is 4.73.